The molecule has 1 rings (SSSR count). The van der Waals surface area contributed by atoms with Gasteiger partial charge in [-0.15, -0.1) is 0 Å². The van der Waals surface area contributed by atoms with Crippen LogP contribution in [0, 0.1) is 6.10 Å². The van der Waals surface area contributed by atoms with E-state index in [0.29, 0.717) is 5.57 Å². The highest BCUT2D eigenvalue weighted by Gasteiger charge is 2.38. The highest BCUT2D eigenvalue weighted by Crippen LogP contribution is 2.22. The molecule has 13 heavy (non-hydrogen) atoms. The summed E-state index contributed by atoms with van der Waals surface area (Å²) in [6.07, 6.45) is 0.442. The first-order valence-corrected chi connectivity index (χ1v) is 3.82. The molecule has 1 atom stereocenters. The van der Waals surface area contributed by atoms with Gasteiger partial charge in [0.2, 0.25) is 6.10 Å². The molecule has 0 amide bonds. The van der Waals surface area contributed by atoms with Crippen molar-refractivity contribution in [3.05, 3.63) is 17.8 Å². The van der Waals surface area contributed by atoms with Gasteiger partial charge in [0.25, 0.3) is 0 Å². The average molecular weight is 183 g/mol. The molecule has 1 radical (unpaired) electrons. The third-order valence-electron chi connectivity index (χ3n) is 1.91. The second-order valence-corrected chi connectivity index (χ2v) is 2.74. The van der Waals surface area contributed by atoms with Crippen LogP contribution in [0.25, 0.3) is 0 Å². The van der Waals surface area contributed by atoms with Crippen LogP contribution in [0.15, 0.2) is 11.6 Å². The molecule has 0 saturated carbocycles. The maximum Gasteiger partial charge on any atom is 0.202 e. The minimum absolute atomic E-state index is 0.0538. The van der Waals surface area contributed by atoms with Crippen LogP contribution in [0.4, 0.5) is 0 Å². The van der Waals surface area contributed by atoms with Crippen molar-refractivity contribution < 1.29 is 19.1 Å². The molecule has 4 nitrogen and oxygen atoms in total. The number of hydrogen-bond acceptors (Lipinski definition) is 4. The molecule has 0 N–H and O–H groups in total. The minimum atomic E-state index is -0.873. The summed E-state index contributed by atoms with van der Waals surface area (Å²) in [4.78, 5) is 22.7. The molecule has 0 aromatic heterocycles. The Labute approximate surface area is 76.5 Å². The van der Waals surface area contributed by atoms with Crippen LogP contribution in [0.3, 0.4) is 0 Å². The van der Waals surface area contributed by atoms with Crippen molar-refractivity contribution in [3.63, 3.8) is 0 Å². The lowest BCUT2D eigenvalue weighted by Crippen LogP contribution is -2.39. The number of methoxy groups -OCH3 is 2. The highest BCUT2D eigenvalue weighted by atomic mass is 16.5. The summed E-state index contributed by atoms with van der Waals surface area (Å²) >= 11 is 0. The van der Waals surface area contributed by atoms with Crippen LogP contribution in [-0.2, 0) is 19.1 Å². The summed E-state index contributed by atoms with van der Waals surface area (Å²) in [5.41, 5.74) is 0.401. The van der Waals surface area contributed by atoms with Crippen molar-refractivity contribution in [2.75, 3.05) is 14.2 Å². The quantitative estimate of drug-likeness (QED) is 0.617. The summed E-state index contributed by atoms with van der Waals surface area (Å²) in [6.45, 7) is 1.58. The lowest BCUT2D eigenvalue weighted by molar-refractivity contribution is -0.135. The molecule has 4 heteroatoms. The largest absolute Gasteiger partial charge is 0.370 e. The van der Waals surface area contributed by atoms with E-state index < -0.39 is 6.10 Å². The Balaban J connectivity index is 3.00. The summed E-state index contributed by atoms with van der Waals surface area (Å²) in [5.74, 6) is -0.523. The maximum absolute atomic E-state index is 11.4. The van der Waals surface area contributed by atoms with E-state index in [1.54, 1.807) is 6.92 Å². The van der Waals surface area contributed by atoms with E-state index in [-0.39, 0.29) is 17.7 Å². The van der Waals surface area contributed by atoms with Gasteiger partial charge in [-0.05, 0) is 18.6 Å². The number of carbonyl (C=O) groups excluding carboxylic acids is 2. The first-order chi connectivity index (χ1) is 6.11. The molecule has 0 aromatic rings. The fourth-order valence-corrected chi connectivity index (χ4v) is 1.22. The molecule has 0 aliphatic heterocycles. The lowest BCUT2D eigenvalue weighted by Gasteiger charge is -2.24. The standard InChI is InChI=1S/C9H11O4/c1-5-4-6(10)8(12-2)9(13-3)7(5)11/h4,9H,1-3H3. The highest BCUT2D eigenvalue weighted by molar-refractivity contribution is 6.16. The van der Waals surface area contributed by atoms with Crippen molar-refractivity contribution in [2.45, 2.75) is 13.0 Å². The van der Waals surface area contributed by atoms with Crippen LogP contribution < -0.4 is 0 Å². The van der Waals surface area contributed by atoms with E-state index in [9.17, 15) is 9.59 Å². The molecule has 0 saturated heterocycles. The molecule has 0 heterocycles. The Hall–Kier alpha value is -1.00. The molecule has 0 bridgehead atoms. The first-order valence-electron chi connectivity index (χ1n) is 3.82. The topological polar surface area (TPSA) is 52.6 Å². The van der Waals surface area contributed by atoms with Gasteiger partial charge in [-0.25, -0.2) is 0 Å². The first kappa shape index (κ1) is 10.1. The molecule has 1 aliphatic carbocycles. The van der Waals surface area contributed by atoms with Crippen LogP contribution in [0.5, 0.6) is 0 Å². The predicted octanol–water partition coefficient (Wildman–Crippen LogP) is 0.278. The lowest BCUT2D eigenvalue weighted by atomic mass is 9.93. The van der Waals surface area contributed by atoms with E-state index in [2.05, 4.69) is 0 Å². The number of Topliss-reactive ketones (excluding diaryl/α,β-unsaturated/α-hetero) is 1. The van der Waals surface area contributed by atoms with E-state index in [0.717, 1.165) is 0 Å². The van der Waals surface area contributed by atoms with E-state index >= 15 is 0 Å². The van der Waals surface area contributed by atoms with Crippen molar-refractivity contribution in [1.82, 2.24) is 0 Å². The molecular weight excluding hydrogens is 172 g/mol. The van der Waals surface area contributed by atoms with Gasteiger partial charge >= 0.3 is 0 Å². The minimum Gasteiger partial charge on any atom is -0.370 e. The Kier molecular flexibility index (Phi) is 2.95. The third kappa shape index (κ3) is 1.68. The molecule has 0 fully saturated rings. The third-order valence-corrected chi connectivity index (χ3v) is 1.91. The Morgan fingerprint density at radius 2 is 1.92 bits per heavy atom. The molecule has 0 aromatic carbocycles. The fraction of sp³-hybridized carbons (Fsp3) is 0.444. The summed E-state index contributed by atoms with van der Waals surface area (Å²) in [6, 6.07) is 0. The molecular formula is C9H11O4. The van der Waals surface area contributed by atoms with E-state index in [1.807, 2.05) is 0 Å². The molecule has 0 spiro atoms. The van der Waals surface area contributed by atoms with Gasteiger partial charge in [0.15, 0.2) is 17.7 Å². The Morgan fingerprint density at radius 1 is 1.31 bits per heavy atom. The van der Waals surface area contributed by atoms with Gasteiger partial charge < -0.3 is 9.47 Å². The van der Waals surface area contributed by atoms with Crippen molar-refractivity contribution in [1.29, 1.82) is 0 Å². The van der Waals surface area contributed by atoms with Crippen LogP contribution >= 0.6 is 0 Å². The average Bonchev–Trinajstić information content (AvgIpc) is 2.10. The maximum atomic E-state index is 11.4. The molecule has 1 aliphatic rings. The SMILES string of the molecule is CO[C]1C(=O)C=C(C)C(=O)C1OC. The van der Waals surface area contributed by atoms with E-state index in [4.69, 9.17) is 9.47 Å². The smallest absolute Gasteiger partial charge is 0.202 e. The Morgan fingerprint density at radius 3 is 2.38 bits per heavy atom. The van der Waals surface area contributed by atoms with Crippen molar-refractivity contribution in [3.8, 4) is 0 Å². The van der Waals surface area contributed by atoms with Crippen molar-refractivity contribution >= 4 is 11.6 Å². The van der Waals surface area contributed by atoms with E-state index in [1.165, 1.54) is 20.3 Å². The zero-order valence-electron chi connectivity index (χ0n) is 7.79. The zero-order chi connectivity index (χ0) is 10.0. The van der Waals surface area contributed by atoms with Crippen LogP contribution in [0.2, 0.25) is 0 Å². The van der Waals surface area contributed by atoms with Gasteiger partial charge in [-0.2, -0.15) is 0 Å². The second-order valence-electron chi connectivity index (χ2n) is 2.74. The predicted molar refractivity (Wildman–Crippen MR) is 44.8 cm³/mol. The summed E-state index contributed by atoms with van der Waals surface area (Å²) < 4.78 is 9.68. The number of ether oxygens (including phenoxy) is 2. The van der Waals surface area contributed by atoms with Gasteiger partial charge in [0.05, 0.1) is 0 Å². The number of hydrogen-bond donors (Lipinski definition) is 0. The monoisotopic (exact) mass is 183 g/mol. The van der Waals surface area contributed by atoms with Gasteiger partial charge in [-0.1, -0.05) is 0 Å². The molecule has 1 unspecified atom stereocenters. The van der Waals surface area contributed by atoms with Crippen molar-refractivity contribution in [2.24, 2.45) is 0 Å². The van der Waals surface area contributed by atoms with Gasteiger partial charge in [-0.3, -0.25) is 9.59 Å². The number of carbonyl (C=O) groups is 2. The Bertz CT molecular complexity index is 267. The summed E-state index contributed by atoms with van der Waals surface area (Å²) in [7, 11) is 2.72. The normalized spacial score (nSPS) is 24.8. The summed E-state index contributed by atoms with van der Waals surface area (Å²) in [5, 5.41) is 0. The molecule has 71 valence electrons. The zero-order valence-corrected chi connectivity index (χ0v) is 7.79. The fourth-order valence-electron chi connectivity index (χ4n) is 1.22. The van der Waals surface area contributed by atoms with Crippen LogP contribution in [-0.4, -0.2) is 31.9 Å². The second kappa shape index (κ2) is 3.81. The van der Waals surface area contributed by atoms with Gasteiger partial charge in [0, 0.05) is 14.2 Å². The van der Waals surface area contributed by atoms with Crippen LogP contribution in [0.1, 0.15) is 6.92 Å². The number of ketones is 2. The van der Waals surface area contributed by atoms with Gasteiger partial charge in [0.1, 0.15) is 0 Å². The number of rotatable bonds is 2.